The molecule has 4 aromatic rings. The van der Waals surface area contributed by atoms with E-state index in [1.807, 2.05) is 30.3 Å². The smallest absolute Gasteiger partial charge is 0.406 e. The number of pyridine rings is 1. The molecule has 1 atom stereocenters. The van der Waals surface area contributed by atoms with Gasteiger partial charge in [-0.3, -0.25) is 13.9 Å². The fraction of sp³-hybridized carbons (Fsp3) is 0.0909. The van der Waals surface area contributed by atoms with Crippen LogP contribution in [0.25, 0.3) is 28.0 Å². The van der Waals surface area contributed by atoms with Crippen LogP contribution in [0.3, 0.4) is 0 Å². The van der Waals surface area contributed by atoms with Crippen molar-refractivity contribution in [3.8, 4) is 28.1 Å². The lowest BCUT2D eigenvalue weighted by molar-refractivity contribution is -0.274. The summed E-state index contributed by atoms with van der Waals surface area (Å²) >= 11 is 0. The van der Waals surface area contributed by atoms with E-state index in [1.165, 1.54) is 30.5 Å². The third-order valence-electron chi connectivity index (χ3n) is 4.60. The first-order chi connectivity index (χ1) is 15.2. The number of alkyl halides is 3. The van der Waals surface area contributed by atoms with Crippen molar-refractivity contribution in [1.82, 2.24) is 14.1 Å². The van der Waals surface area contributed by atoms with Crippen molar-refractivity contribution in [3.63, 3.8) is 0 Å². The first kappa shape index (κ1) is 21.6. The Kier molecular flexibility index (Phi) is 5.70. The monoisotopic (exact) mass is 459 g/mol. The van der Waals surface area contributed by atoms with Gasteiger partial charge in [-0.2, -0.15) is 0 Å². The maximum atomic E-state index is 12.7. The number of fused-ring (bicyclic) bond motifs is 1. The minimum Gasteiger partial charge on any atom is -0.406 e. The highest BCUT2D eigenvalue weighted by Crippen LogP contribution is 2.30. The Balaban J connectivity index is 1.82. The lowest BCUT2D eigenvalue weighted by atomic mass is 10.0. The summed E-state index contributed by atoms with van der Waals surface area (Å²) in [5.74, 6) is -0.836. The number of hydrogen-bond acceptors (Lipinski definition) is 4. The van der Waals surface area contributed by atoms with Gasteiger partial charge in [-0.1, -0.05) is 30.3 Å². The molecule has 0 radical (unpaired) electrons. The number of rotatable bonds is 5. The second-order valence-electron chi connectivity index (χ2n) is 6.80. The quantitative estimate of drug-likeness (QED) is 0.474. The number of halogens is 3. The summed E-state index contributed by atoms with van der Waals surface area (Å²) in [7, 11) is -1.55. The van der Waals surface area contributed by atoms with Crippen LogP contribution in [0.1, 0.15) is 10.4 Å². The largest absolute Gasteiger partial charge is 0.573 e. The van der Waals surface area contributed by atoms with Gasteiger partial charge in [0.1, 0.15) is 22.4 Å². The molecule has 0 saturated carbocycles. The Hall–Kier alpha value is -3.66. The summed E-state index contributed by atoms with van der Waals surface area (Å²) in [5.41, 5.74) is 3.30. The van der Waals surface area contributed by atoms with Crippen molar-refractivity contribution in [3.05, 3.63) is 78.6 Å². The van der Waals surface area contributed by atoms with Crippen LogP contribution in [0.4, 0.5) is 13.2 Å². The van der Waals surface area contributed by atoms with Crippen LogP contribution in [0.5, 0.6) is 5.75 Å². The molecule has 4 rings (SSSR count). The molecule has 10 heteroatoms. The van der Waals surface area contributed by atoms with Gasteiger partial charge in [0.2, 0.25) is 0 Å². The molecule has 0 spiro atoms. The van der Waals surface area contributed by atoms with E-state index < -0.39 is 23.3 Å². The number of nitrogens with one attached hydrogen (secondary N) is 1. The number of imidazole rings is 1. The minimum absolute atomic E-state index is 0.296. The van der Waals surface area contributed by atoms with Crippen LogP contribution in [0.2, 0.25) is 0 Å². The minimum atomic E-state index is -4.77. The zero-order valence-electron chi connectivity index (χ0n) is 16.6. The van der Waals surface area contributed by atoms with Crippen LogP contribution >= 0.6 is 0 Å². The van der Waals surface area contributed by atoms with E-state index in [2.05, 4.69) is 14.4 Å². The predicted octanol–water partition coefficient (Wildman–Crippen LogP) is 4.59. The summed E-state index contributed by atoms with van der Waals surface area (Å²) in [4.78, 5) is 17.0. The number of carbonyl (C=O) groups is 1. The van der Waals surface area contributed by atoms with Crippen LogP contribution in [-0.4, -0.2) is 32.1 Å². The Morgan fingerprint density at radius 2 is 1.75 bits per heavy atom. The summed E-state index contributed by atoms with van der Waals surface area (Å²) in [6, 6.07) is 16.2. The summed E-state index contributed by atoms with van der Waals surface area (Å²) in [6.07, 6.45) is -0.128. The normalized spacial score (nSPS) is 12.5. The zero-order valence-corrected chi connectivity index (χ0v) is 17.4. The van der Waals surface area contributed by atoms with Crippen LogP contribution in [-0.2, 0) is 11.0 Å². The van der Waals surface area contributed by atoms with E-state index in [0.29, 0.717) is 28.0 Å². The molecule has 2 aromatic heterocycles. The van der Waals surface area contributed by atoms with Crippen LogP contribution < -0.4 is 9.46 Å². The maximum absolute atomic E-state index is 12.7. The summed E-state index contributed by atoms with van der Waals surface area (Å²) in [6.45, 7) is 0. The van der Waals surface area contributed by atoms with Gasteiger partial charge in [0.05, 0.1) is 17.5 Å². The summed E-state index contributed by atoms with van der Waals surface area (Å²) in [5, 5.41) is 0. The van der Waals surface area contributed by atoms with Crippen molar-refractivity contribution < 1.29 is 26.9 Å². The Bertz CT molecular complexity index is 1300. The topological polar surface area (TPSA) is 72.7 Å². The Labute approximate surface area is 183 Å². The van der Waals surface area contributed by atoms with Gasteiger partial charge < -0.3 is 4.74 Å². The predicted molar refractivity (Wildman–Crippen MR) is 114 cm³/mol. The van der Waals surface area contributed by atoms with E-state index in [9.17, 15) is 22.2 Å². The van der Waals surface area contributed by atoms with E-state index in [-0.39, 0.29) is 5.75 Å². The molecule has 0 aliphatic rings. The number of benzene rings is 2. The molecule has 1 amide bonds. The highest BCUT2D eigenvalue weighted by molar-refractivity contribution is 7.82. The number of aromatic nitrogens is 2. The fourth-order valence-corrected chi connectivity index (χ4v) is 3.66. The number of ether oxygens (including phenoxy) is 1. The molecule has 0 saturated heterocycles. The van der Waals surface area contributed by atoms with E-state index in [0.717, 1.165) is 5.56 Å². The SMILES string of the molecule is CS(=O)NC(=O)c1cc2ncc(-c3ccc(OC(F)(F)F)cc3)n2cc1-c1ccccc1. The third-order valence-corrected chi connectivity index (χ3v) is 5.07. The second kappa shape index (κ2) is 8.46. The van der Waals surface area contributed by atoms with E-state index in [4.69, 9.17) is 0 Å². The molecule has 164 valence electrons. The number of amides is 1. The molecule has 2 aromatic carbocycles. The number of nitrogens with zero attached hydrogens (tertiary/aromatic N) is 2. The maximum Gasteiger partial charge on any atom is 0.573 e. The zero-order chi connectivity index (χ0) is 22.9. The van der Waals surface area contributed by atoms with Gasteiger partial charge >= 0.3 is 6.36 Å². The molecule has 1 N–H and O–H groups in total. The van der Waals surface area contributed by atoms with Crippen molar-refractivity contribution in [2.45, 2.75) is 6.36 Å². The molecule has 6 nitrogen and oxygen atoms in total. The van der Waals surface area contributed by atoms with Crippen LogP contribution in [0, 0.1) is 0 Å². The molecular formula is C22H16F3N3O3S. The van der Waals surface area contributed by atoms with Gasteiger partial charge in [-0.25, -0.2) is 9.19 Å². The number of hydrogen-bond donors (Lipinski definition) is 1. The highest BCUT2D eigenvalue weighted by Gasteiger charge is 2.31. The molecular weight excluding hydrogens is 443 g/mol. The average molecular weight is 459 g/mol. The molecule has 0 bridgehead atoms. The standard InChI is InChI=1S/C22H16F3N3O3S/c1-32(30)27-21(29)17-11-20-26-12-19(15-7-9-16(10-8-15)31-22(23,24)25)28(20)13-18(17)14-5-3-2-4-6-14/h2-13H,1H3,(H,27,29). The fourth-order valence-electron chi connectivity index (χ4n) is 3.29. The molecule has 0 aliphatic heterocycles. The van der Waals surface area contributed by atoms with Crippen molar-refractivity contribution in [1.29, 1.82) is 0 Å². The van der Waals surface area contributed by atoms with E-state index in [1.54, 1.807) is 22.9 Å². The van der Waals surface area contributed by atoms with Gasteiger partial charge in [0.25, 0.3) is 5.91 Å². The Morgan fingerprint density at radius 3 is 2.38 bits per heavy atom. The summed E-state index contributed by atoms with van der Waals surface area (Å²) < 4.78 is 56.8. The van der Waals surface area contributed by atoms with Gasteiger partial charge in [0, 0.05) is 23.6 Å². The lowest BCUT2D eigenvalue weighted by Crippen LogP contribution is -2.25. The Morgan fingerprint density at radius 1 is 1.06 bits per heavy atom. The van der Waals surface area contributed by atoms with Gasteiger partial charge in [-0.15, -0.1) is 13.2 Å². The average Bonchev–Trinajstić information content (AvgIpc) is 3.15. The second-order valence-corrected chi connectivity index (χ2v) is 7.91. The van der Waals surface area contributed by atoms with Crippen LogP contribution in [0.15, 0.2) is 73.1 Å². The van der Waals surface area contributed by atoms with E-state index >= 15 is 0 Å². The third kappa shape index (κ3) is 4.65. The van der Waals surface area contributed by atoms with Gasteiger partial charge in [-0.05, 0) is 35.9 Å². The van der Waals surface area contributed by atoms with Crippen molar-refractivity contribution >= 4 is 22.5 Å². The van der Waals surface area contributed by atoms with Crippen molar-refractivity contribution in [2.24, 2.45) is 0 Å². The first-order valence-electron chi connectivity index (χ1n) is 9.28. The molecule has 0 fully saturated rings. The molecule has 32 heavy (non-hydrogen) atoms. The number of carbonyl (C=O) groups excluding carboxylic acids is 1. The highest BCUT2D eigenvalue weighted by atomic mass is 32.2. The molecule has 1 unspecified atom stereocenters. The van der Waals surface area contributed by atoms with Crippen molar-refractivity contribution in [2.75, 3.05) is 6.26 Å². The van der Waals surface area contributed by atoms with Gasteiger partial charge in [0.15, 0.2) is 0 Å². The lowest BCUT2D eigenvalue weighted by Gasteiger charge is -2.12. The molecule has 2 heterocycles. The first-order valence-corrected chi connectivity index (χ1v) is 10.8. The molecule has 0 aliphatic carbocycles.